The molecule has 1 unspecified atom stereocenters. The Morgan fingerprint density at radius 2 is 2.11 bits per heavy atom. The summed E-state index contributed by atoms with van der Waals surface area (Å²) in [7, 11) is -1.78. The molecule has 2 heterocycles. The highest BCUT2D eigenvalue weighted by atomic mass is 35.5. The highest BCUT2D eigenvalue weighted by Crippen LogP contribution is 2.41. The largest absolute Gasteiger partial charge is 0.487 e. The predicted octanol–water partition coefficient (Wildman–Crippen LogP) is 3.57. The van der Waals surface area contributed by atoms with E-state index < -0.39 is 10.2 Å². The minimum atomic E-state index is -3.82. The zero-order valence-corrected chi connectivity index (χ0v) is 16.9. The molecular formula is C17H19ClN4O3S2. The van der Waals surface area contributed by atoms with Crippen LogP contribution < -0.4 is 17.9 Å². The van der Waals surface area contributed by atoms with Gasteiger partial charge < -0.3 is 14.4 Å². The van der Waals surface area contributed by atoms with Gasteiger partial charge in [0.15, 0.2) is 0 Å². The number of nitrogens with one attached hydrogen (secondary N) is 2. The van der Waals surface area contributed by atoms with Crippen molar-refractivity contribution >= 4 is 51.0 Å². The SMILES string of the molecule is CN1CCC(Oc2cc(NS(=O)(=O)N3SNc4ccccc43)ccc2Cl)C1. The number of rotatable bonds is 5. The van der Waals surface area contributed by atoms with Crippen molar-refractivity contribution in [2.24, 2.45) is 0 Å². The minimum absolute atomic E-state index is 0.0459. The number of fused-ring (bicyclic) bond motifs is 1. The molecule has 0 amide bonds. The molecule has 144 valence electrons. The zero-order valence-electron chi connectivity index (χ0n) is 14.6. The van der Waals surface area contributed by atoms with Gasteiger partial charge in [-0.3, -0.25) is 4.72 Å². The van der Waals surface area contributed by atoms with Crippen molar-refractivity contribution in [2.45, 2.75) is 12.5 Å². The Hall–Kier alpha value is -1.81. The second-order valence-electron chi connectivity index (χ2n) is 6.48. The van der Waals surface area contributed by atoms with Crippen LogP contribution in [0.2, 0.25) is 5.02 Å². The number of likely N-dealkylation sites (N-methyl/N-ethyl adjacent to an activating group) is 1. The first kappa shape index (κ1) is 18.5. The molecule has 0 saturated carbocycles. The number of likely N-dealkylation sites (tertiary alicyclic amines) is 1. The molecule has 2 aliphatic rings. The maximum Gasteiger partial charge on any atom is 0.335 e. The van der Waals surface area contributed by atoms with Crippen LogP contribution in [0.15, 0.2) is 42.5 Å². The van der Waals surface area contributed by atoms with Crippen molar-refractivity contribution in [1.82, 2.24) is 4.90 Å². The Bertz CT molecular complexity index is 957. The fourth-order valence-corrected chi connectivity index (χ4v) is 5.37. The van der Waals surface area contributed by atoms with E-state index in [1.165, 1.54) is 3.71 Å². The van der Waals surface area contributed by atoms with Gasteiger partial charge in [-0.2, -0.15) is 12.1 Å². The molecule has 7 nitrogen and oxygen atoms in total. The van der Waals surface area contributed by atoms with Crippen LogP contribution in [0.25, 0.3) is 0 Å². The number of halogens is 1. The van der Waals surface area contributed by atoms with E-state index in [1.807, 2.05) is 19.2 Å². The fourth-order valence-electron chi connectivity index (χ4n) is 3.06. The quantitative estimate of drug-likeness (QED) is 0.712. The van der Waals surface area contributed by atoms with E-state index >= 15 is 0 Å². The number of nitrogens with zero attached hydrogens (tertiary/aromatic N) is 2. The van der Waals surface area contributed by atoms with Crippen LogP contribution in [0, 0.1) is 0 Å². The van der Waals surface area contributed by atoms with Crippen molar-refractivity contribution in [3.63, 3.8) is 0 Å². The summed E-state index contributed by atoms with van der Waals surface area (Å²) in [6.45, 7) is 1.78. The Labute approximate surface area is 168 Å². The van der Waals surface area contributed by atoms with E-state index in [2.05, 4.69) is 14.3 Å². The van der Waals surface area contributed by atoms with E-state index in [1.54, 1.807) is 30.3 Å². The van der Waals surface area contributed by atoms with Gasteiger partial charge in [0, 0.05) is 19.2 Å². The van der Waals surface area contributed by atoms with Crippen LogP contribution in [0.4, 0.5) is 17.1 Å². The van der Waals surface area contributed by atoms with Crippen LogP contribution in [-0.4, -0.2) is 39.6 Å². The van der Waals surface area contributed by atoms with Gasteiger partial charge in [-0.05, 0) is 37.7 Å². The summed E-state index contributed by atoms with van der Waals surface area (Å²) in [5.41, 5.74) is 1.72. The normalized spacial score (nSPS) is 19.6. The second kappa shape index (κ2) is 7.31. The maximum atomic E-state index is 12.8. The molecule has 1 atom stereocenters. The Balaban J connectivity index is 1.53. The molecule has 2 N–H and O–H groups in total. The van der Waals surface area contributed by atoms with Crippen LogP contribution in [0.1, 0.15) is 6.42 Å². The molecule has 2 aliphatic heterocycles. The Kier molecular flexibility index (Phi) is 5.02. The molecule has 10 heteroatoms. The number of para-hydroxylation sites is 2. The molecule has 1 saturated heterocycles. The summed E-state index contributed by atoms with van der Waals surface area (Å²) in [6.07, 6.45) is 0.958. The van der Waals surface area contributed by atoms with Crippen LogP contribution in [0.5, 0.6) is 5.75 Å². The smallest absolute Gasteiger partial charge is 0.335 e. The lowest BCUT2D eigenvalue weighted by atomic mass is 10.3. The molecule has 27 heavy (non-hydrogen) atoms. The third-order valence-electron chi connectivity index (χ3n) is 4.38. The molecule has 0 aromatic heterocycles. The molecule has 1 fully saturated rings. The van der Waals surface area contributed by atoms with E-state index in [0.29, 0.717) is 22.1 Å². The number of hydrogen-bond donors (Lipinski definition) is 2. The van der Waals surface area contributed by atoms with Crippen molar-refractivity contribution in [1.29, 1.82) is 0 Å². The zero-order chi connectivity index (χ0) is 19.0. The van der Waals surface area contributed by atoms with Crippen LogP contribution >= 0.6 is 23.7 Å². The third-order valence-corrected chi connectivity index (χ3v) is 7.30. The topological polar surface area (TPSA) is 73.9 Å². The highest BCUT2D eigenvalue weighted by Gasteiger charge is 2.31. The second-order valence-corrected chi connectivity index (χ2v) is 9.39. The average Bonchev–Trinajstić information content (AvgIpc) is 3.24. The standard InChI is InChI=1S/C17H19ClN4O3S2/c1-21-9-8-13(11-21)25-17-10-12(6-7-14(17)18)20-27(23,24)22-16-5-3-2-4-15(16)19-26-22/h2-7,10,13,19-20H,8-9,11H2,1H3. The van der Waals surface area contributed by atoms with E-state index in [0.717, 1.165) is 37.3 Å². The molecular weight excluding hydrogens is 408 g/mol. The first-order chi connectivity index (χ1) is 12.9. The number of benzene rings is 2. The maximum absolute atomic E-state index is 12.8. The molecule has 4 rings (SSSR count). The van der Waals surface area contributed by atoms with Crippen molar-refractivity contribution in [2.75, 3.05) is 33.3 Å². The van der Waals surface area contributed by atoms with Gasteiger partial charge >= 0.3 is 10.2 Å². The van der Waals surface area contributed by atoms with E-state index in [4.69, 9.17) is 16.3 Å². The lowest BCUT2D eigenvalue weighted by Crippen LogP contribution is -2.29. The number of anilines is 3. The predicted molar refractivity (Wildman–Crippen MR) is 111 cm³/mol. The van der Waals surface area contributed by atoms with Gasteiger partial charge in [0.1, 0.15) is 11.9 Å². The molecule has 0 radical (unpaired) electrons. The first-order valence-electron chi connectivity index (χ1n) is 8.42. The van der Waals surface area contributed by atoms with Gasteiger partial charge in [0.05, 0.1) is 34.2 Å². The molecule has 0 bridgehead atoms. The fraction of sp³-hybridized carbons (Fsp3) is 0.294. The van der Waals surface area contributed by atoms with Gasteiger partial charge in [-0.1, -0.05) is 23.7 Å². The van der Waals surface area contributed by atoms with Gasteiger partial charge in [0.25, 0.3) is 0 Å². The van der Waals surface area contributed by atoms with E-state index in [-0.39, 0.29) is 6.10 Å². The van der Waals surface area contributed by atoms with Gasteiger partial charge in [0.2, 0.25) is 0 Å². The highest BCUT2D eigenvalue weighted by molar-refractivity contribution is 8.16. The van der Waals surface area contributed by atoms with Crippen LogP contribution in [0.3, 0.4) is 0 Å². The summed E-state index contributed by atoms with van der Waals surface area (Å²) in [4.78, 5) is 2.18. The summed E-state index contributed by atoms with van der Waals surface area (Å²) in [6, 6.07) is 12.1. The number of hydrogen-bond acceptors (Lipinski definition) is 6. The lowest BCUT2D eigenvalue weighted by Gasteiger charge is -2.19. The van der Waals surface area contributed by atoms with Crippen molar-refractivity contribution < 1.29 is 13.2 Å². The monoisotopic (exact) mass is 426 g/mol. The third kappa shape index (κ3) is 3.91. The molecule has 0 spiro atoms. The van der Waals surface area contributed by atoms with Gasteiger partial charge in [-0.25, -0.2) is 0 Å². The Morgan fingerprint density at radius 1 is 1.30 bits per heavy atom. The molecule has 2 aromatic carbocycles. The van der Waals surface area contributed by atoms with Crippen LogP contribution in [-0.2, 0) is 10.2 Å². The Morgan fingerprint density at radius 3 is 2.89 bits per heavy atom. The van der Waals surface area contributed by atoms with Crippen molar-refractivity contribution in [3.05, 3.63) is 47.5 Å². The summed E-state index contributed by atoms with van der Waals surface area (Å²) < 4.78 is 38.4. The summed E-state index contributed by atoms with van der Waals surface area (Å²) in [5.74, 6) is 0.477. The molecule has 0 aliphatic carbocycles. The average molecular weight is 427 g/mol. The summed E-state index contributed by atoms with van der Waals surface area (Å²) >= 11 is 7.24. The van der Waals surface area contributed by atoms with Crippen molar-refractivity contribution in [3.8, 4) is 5.75 Å². The van der Waals surface area contributed by atoms with Gasteiger partial charge in [-0.15, -0.1) is 0 Å². The molecule has 2 aromatic rings. The lowest BCUT2D eigenvalue weighted by molar-refractivity contribution is 0.208. The first-order valence-corrected chi connectivity index (χ1v) is 11.0. The number of ether oxygens (including phenoxy) is 1. The van der Waals surface area contributed by atoms with E-state index in [9.17, 15) is 8.42 Å². The summed E-state index contributed by atoms with van der Waals surface area (Å²) in [5, 5.41) is 0.454. The minimum Gasteiger partial charge on any atom is -0.487 e.